The molecule has 0 spiro atoms. The van der Waals surface area contributed by atoms with Crippen molar-refractivity contribution in [3.8, 4) is 0 Å². The Morgan fingerprint density at radius 1 is 0.526 bits per heavy atom. The van der Waals surface area contributed by atoms with Gasteiger partial charge in [0.15, 0.2) is 0 Å². The summed E-state index contributed by atoms with van der Waals surface area (Å²) in [4.78, 5) is 23.1. The van der Waals surface area contributed by atoms with E-state index < -0.39 is 20.0 Å². The van der Waals surface area contributed by atoms with Crippen molar-refractivity contribution in [3.63, 3.8) is 0 Å². The maximum absolute atomic E-state index is 12.9. The predicted molar refractivity (Wildman–Crippen MR) is 245 cm³/mol. The standard InChI is InChI=1S/C48H99N2O6P/c1-6-8-10-12-14-16-18-19-20-21-22-23-24-25-26-27-28-29-30-32-33-35-37-39-41-47(51)46(45-56-57(53,54)55-44-43-50(3,4)5)49-48(52)42-40-38-36-34-31-17-15-13-11-9-7-2/h46-47,51H,6-45H2,1-5H3,(H-,49,52,53,54)/p+1. The normalized spacial score (nSPS) is 14.2. The van der Waals surface area contributed by atoms with Crippen LogP contribution in [0.1, 0.15) is 251 Å². The minimum Gasteiger partial charge on any atom is -0.391 e. The van der Waals surface area contributed by atoms with E-state index in [0.717, 1.165) is 38.5 Å². The Balaban J connectivity index is 4.13. The molecule has 0 aliphatic carbocycles. The first-order valence-electron chi connectivity index (χ1n) is 24.9. The number of nitrogens with one attached hydrogen (secondary N) is 1. The van der Waals surface area contributed by atoms with Crippen LogP contribution in [0.3, 0.4) is 0 Å². The molecule has 0 aromatic heterocycles. The maximum atomic E-state index is 12.9. The van der Waals surface area contributed by atoms with E-state index in [0.29, 0.717) is 23.9 Å². The van der Waals surface area contributed by atoms with Crippen LogP contribution in [0.5, 0.6) is 0 Å². The number of aliphatic hydroxyl groups excluding tert-OH is 1. The van der Waals surface area contributed by atoms with Gasteiger partial charge in [0, 0.05) is 6.42 Å². The van der Waals surface area contributed by atoms with Crippen molar-refractivity contribution >= 4 is 13.7 Å². The van der Waals surface area contributed by atoms with Crippen LogP contribution < -0.4 is 5.32 Å². The molecule has 0 aliphatic heterocycles. The number of nitrogens with zero attached hydrogens (tertiary/aromatic N) is 1. The molecule has 8 nitrogen and oxygen atoms in total. The van der Waals surface area contributed by atoms with E-state index >= 15 is 0 Å². The highest BCUT2D eigenvalue weighted by molar-refractivity contribution is 7.47. The van der Waals surface area contributed by atoms with E-state index in [4.69, 9.17) is 9.05 Å². The number of hydrogen-bond donors (Lipinski definition) is 3. The largest absolute Gasteiger partial charge is 0.472 e. The highest BCUT2D eigenvalue weighted by atomic mass is 31.2. The first-order valence-corrected chi connectivity index (χ1v) is 26.4. The SMILES string of the molecule is CCCCCCCCCCCCCCCCCCCCCCCCCCC(O)C(COP(=O)(O)OCC[N+](C)(C)C)NC(=O)CCCCCCCCCCCCC. The highest BCUT2D eigenvalue weighted by Gasteiger charge is 2.28. The molecule has 0 bridgehead atoms. The van der Waals surface area contributed by atoms with E-state index in [1.807, 2.05) is 21.1 Å². The van der Waals surface area contributed by atoms with Crippen LogP contribution in [-0.2, 0) is 18.4 Å². The summed E-state index contributed by atoms with van der Waals surface area (Å²) >= 11 is 0. The minimum absolute atomic E-state index is 0.0786. The number of carbonyl (C=O) groups is 1. The van der Waals surface area contributed by atoms with Crippen LogP contribution >= 0.6 is 7.82 Å². The molecule has 0 saturated heterocycles. The van der Waals surface area contributed by atoms with Crippen molar-refractivity contribution in [1.29, 1.82) is 0 Å². The van der Waals surface area contributed by atoms with Gasteiger partial charge in [-0.15, -0.1) is 0 Å². The van der Waals surface area contributed by atoms with Crippen molar-refractivity contribution < 1.29 is 32.9 Å². The Morgan fingerprint density at radius 2 is 0.842 bits per heavy atom. The molecule has 0 aliphatic rings. The molecule has 0 fully saturated rings. The number of carbonyl (C=O) groups excluding carboxylic acids is 1. The average molecular weight is 832 g/mol. The summed E-state index contributed by atoms with van der Waals surface area (Å²) in [5.41, 5.74) is 0. The molecule has 1 amide bonds. The van der Waals surface area contributed by atoms with E-state index in [-0.39, 0.29) is 19.1 Å². The van der Waals surface area contributed by atoms with Crippen molar-refractivity contribution in [3.05, 3.63) is 0 Å². The molecule has 57 heavy (non-hydrogen) atoms. The van der Waals surface area contributed by atoms with Crippen LogP contribution in [0, 0.1) is 0 Å². The van der Waals surface area contributed by atoms with E-state index in [1.54, 1.807) is 0 Å². The minimum atomic E-state index is -4.31. The lowest BCUT2D eigenvalue weighted by Crippen LogP contribution is -2.46. The second-order valence-corrected chi connectivity index (χ2v) is 20.0. The third-order valence-corrected chi connectivity index (χ3v) is 12.6. The summed E-state index contributed by atoms with van der Waals surface area (Å²) < 4.78 is 23.7. The topological polar surface area (TPSA) is 105 Å². The lowest BCUT2D eigenvalue weighted by molar-refractivity contribution is -0.870. The molecule has 3 unspecified atom stereocenters. The number of phosphoric ester groups is 1. The van der Waals surface area contributed by atoms with E-state index in [9.17, 15) is 19.4 Å². The molecular formula is C48H100N2O6P+. The Bertz CT molecular complexity index is 901. The summed E-state index contributed by atoms with van der Waals surface area (Å²) in [6, 6.07) is -0.753. The van der Waals surface area contributed by atoms with Crippen molar-refractivity contribution in [2.24, 2.45) is 0 Å². The van der Waals surface area contributed by atoms with Gasteiger partial charge in [0.25, 0.3) is 0 Å². The fourth-order valence-electron chi connectivity index (χ4n) is 7.64. The molecule has 0 aromatic rings. The number of likely N-dealkylation sites (N-methyl/N-ethyl adjacent to an activating group) is 1. The van der Waals surface area contributed by atoms with Crippen molar-refractivity contribution in [2.75, 3.05) is 40.9 Å². The first-order chi connectivity index (χ1) is 27.5. The second-order valence-electron chi connectivity index (χ2n) is 18.6. The monoisotopic (exact) mass is 832 g/mol. The van der Waals surface area contributed by atoms with Crippen LogP contribution in [0.25, 0.3) is 0 Å². The summed E-state index contributed by atoms with van der Waals surface area (Å²) in [7, 11) is 1.63. The van der Waals surface area contributed by atoms with Gasteiger partial charge in [-0.25, -0.2) is 4.57 Å². The third kappa shape index (κ3) is 43.4. The van der Waals surface area contributed by atoms with Gasteiger partial charge in [-0.1, -0.05) is 232 Å². The van der Waals surface area contributed by atoms with Crippen LogP contribution in [-0.4, -0.2) is 73.4 Å². The van der Waals surface area contributed by atoms with Gasteiger partial charge in [0.1, 0.15) is 13.2 Å². The fraction of sp³-hybridized carbons (Fsp3) is 0.979. The quantitative estimate of drug-likeness (QED) is 0.0321. The molecular weight excluding hydrogens is 732 g/mol. The Morgan fingerprint density at radius 3 is 1.18 bits per heavy atom. The van der Waals surface area contributed by atoms with Gasteiger partial charge in [-0.05, 0) is 12.8 Å². The summed E-state index contributed by atoms with van der Waals surface area (Å²) in [5.74, 6) is -0.142. The van der Waals surface area contributed by atoms with Gasteiger partial charge < -0.3 is 19.8 Å². The van der Waals surface area contributed by atoms with E-state index in [1.165, 1.54) is 186 Å². The number of hydrogen-bond acceptors (Lipinski definition) is 5. The molecule has 0 rings (SSSR count). The summed E-state index contributed by atoms with van der Waals surface area (Å²) in [6.07, 6.45) is 45.7. The molecule has 3 atom stereocenters. The second kappa shape index (κ2) is 40.9. The fourth-order valence-corrected chi connectivity index (χ4v) is 8.37. The van der Waals surface area contributed by atoms with Crippen LogP contribution in [0.2, 0.25) is 0 Å². The molecule has 3 N–H and O–H groups in total. The van der Waals surface area contributed by atoms with Gasteiger partial charge in [-0.3, -0.25) is 13.8 Å². The summed E-state index contributed by atoms with van der Waals surface area (Å²) in [6.45, 7) is 4.91. The van der Waals surface area contributed by atoms with Crippen molar-refractivity contribution in [2.45, 2.75) is 264 Å². The molecule has 0 saturated carbocycles. The zero-order valence-corrected chi connectivity index (χ0v) is 39.8. The number of aliphatic hydroxyl groups is 1. The smallest absolute Gasteiger partial charge is 0.391 e. The number of quaternary nitrogens is 1. The molecule has 342 valence electrons. The number of amides is 1. The lowest BCUT2D eigenvalue weighted by Gasteiger charge is -2.26. The number of phosphoric acid groups is 1. The average Bonchev–Trinajstić information content (AvgIpc) is 3.16. The zero-order valence-electron chi connectivity index (χ0n) is 38.9. The lowest BCUT2D eigenvalue weighted by atomic mass is 10.0. The number of rotatable bonds is 46. The Hall–Kier alpha value is -0.500. The predicted octanol–water partition coefficient (Wildman–Crippen LogP) is 14.1. The number of unbranched alkanes of at least 4 members (excludes halogenated alkanes) is 33. The summed E-state index contributed by atoms with van der Waals surface area (Å²) in [5, 5.41) is 14.0. The van der Waals surface area contributed by atoms with Gasteiger partial charge in [0.05, 0.1) is 39.9 Å². The van der Waals surface area contributed by atoms with Gasteiger partial charge >= 0.3 is 7.82 Å². The highest BCUT2D eigenvalue weighted by Crippen LogP contribution is 2.43. The van der Waals surface area contributed by atoms with Crippen LogP contribution in [0.4, 0.5) is 0 Å². The van der Waals surface area contributed by atoms with Crippen LogP contribution in [0.15, 0.2) is 0 Å². The Labute approximate surface area is 355 Å². The van der Waals surface area contributed by atoms with Gasteiger partial charge in [-0.2, -0.15) is 0 Å². The zero-order chi connectivity index (χ0) is 42.1. The maximum Gasteiger partial charge on any atom is 0.472 e. The third-order valence-electron chi connectivity index (χ3n) is 11.6. The first kappa shape index (κ1) is 56.5. The Kier molecular flexibility index (Phi) is 40.5. The molecule has 0 heterocycles. The van der Waals surface area contributed by atoms with E-state index in [2.05, 4.69) is 19.2 Å². The molecule has 9 heteroatoms. The van der Waals surface area contributed by atoms with Gasteiger partial charge in [0.2, 0.25) is 5.91 Å². The molecule has 0 radical (unpaired) electrons. The molecule has 0 aromatic carbocycles. The van der Waals surface area contributed by atoms with Crippen molar-refractivity contribution in [1.82, 2.24) is 5.32 Å².